The van der Waals surface area contributed by atoms with Crippen molar-refractivity contribution in [1.29, 1.82) is 0 Å². The van der Waals surface area contributed by atoms with E-state index in [0.29, 0.717) is 18.1 Å². The van der Waals surface area contributed by atoms with Crippen LogP contribution in [-0.2, 0) is 16.5 Å². The minimum atomic E-state index is -2.15. The van der Waals surface area contributed by atoms with Gasteiger partial charge in [0.15, 0.2) is 27.5 Å². The standard InChI is InChI=1S/C10H13NO4S/c1-10(2)5-15-7-8(16(12)13)6(14-3)4-11-9(7)10/h4H,5H2,1-3H3,(H,12,13). The summed E-state index contributed by atoms with van der Waals surface area (Å²) in [6.45, 7) is 4.40. The Morgan fingerprint density at radius 1 is 1.62 bits per heavy atom. The molecule has 0 fully saturated rings. The summed E-state index contributed by atoms with van der Waals surface area (Å²) in [6.07, 6.45) is 1.46. The van der Waals surface area contributed by atoms with Crippen LogP contribution in [0.25, 0.3) is 0 Å². The fourth-order valence-corrected chi connectivity index (χ4v) is 2.33. The largest absolute Gasteiger partial charge is 0.494 e. The van der Waals surface area contributed by atoms with Gasteiger partial charge in [-0.15, -0.1) is 0 Å². The number of methoxy groups -OCH3 is 1. The maximum Gasteiger partial charge on any atom is 0.194 e. The van der Waals surface area contributed by atoms with E-state index in [9.17, 15) is 8.76 Å². The van der Waals surface area contributed by atoms with Crippen molar-refractivity contribution in [3.05, 3.63) is 11.9 Å². The first-order valence-electron chi connectivity index (χ1n) is 4.78. The van der Waals surface area contributed by atoms with E-state index in [1.54, 1.807) is 0 Å². The highest BCUT2D eigenvalue weighted by atomic mass is 32.2. The number of hydrogen-bond acceptors (Lipinski definition) is 4. The van der Waals surface area contributed by atoms with Crippen LogP contribution in [0.15, 0.2) is 11.1 Å². The van der Waals surface area contributed by atoms with Gasteiger partial charge in [0.2, 0.25) is 0 Å². The molecule has 1 aromatic rings. The predicted molar refractivity (Wildman–Crippen MR) is 58.3 cm³/mol. The molecule has 0 spiro atoms. The molecule has 6 heteroatoms. The normalized spacial score (nSPS) is 18.8. The first-order chi connectivity index (χ1) is 7.47. The van der Waals surface area contributed by atoms with Gasteiger partial charge in [-0.3, -0.25) is 4.98 Å². The van der Waals surface area contributed by atoms with Crippen LogP contribution in [-0.4, -0.2) is 27.5 Å². The summed E-state index contributed by atoms with van der Waals surface area (Å²) >= 11 is -2.15. The predicted octanol–water partition coefficient (Wildman–Crippen LogP) is 1.34. The number of hydrogen-bond donors (Lipinski definition) is 1. The summed E-state index contributed by atoms with van der Waals surface area (Å²) in [5.41, 5.74) is 0.459. The van der Waals surface area contributed by atoms with Crippen LogP contribution in [0.4, 0.5) is 0 Å². The summed E-state index contributed by atoms with van der Waals surface area (Å²) < 4.78 is 31.0. The number of fused-ring (bicyclic) bond motifs is 1. The lowest BCUT2D eigenvalue weighted by molar-refractivity contribution is 0.283. The lowest BCUT2D eigenvalue weighted by Gasteiger charge is -2.14. The van der Waals surface area contributed by atoms with Gasteiger partial charge < -0.3 is 14.0 Å². The van der Waals surface area contributed by atoms with Crippen LogP contribution in [0.2, 0.25) is 0 Å². The first-order valence-corrected chi connectivity index (χ1v) is 5.89. The highest BCUT2D eigenvalue weighted by Crippen LogP contribution is 2.43. The lowest BCUT2D eigenvalue weighted by atomic mass is 9.91. The monoisotopic (exact) mass is 243 g/mol. The Morgan fingerprint density at radius 2 is 2.31 bits per heavy atom. The zero-order valence-electron chi connectivity index (χ0n) is 9.31. The summed E-state index contributed by atoms with van der Waals surface area (Å²) in [4.78, 5) is 4.40. The van der Waals surface area contributed by atoms with Crippen LogP contribution in [0, 0.1) is 0 Å². The van der Waals surface area contributed by atoms with Gasteiger partial charge in [0.25, 0.3) is 0 Å². The molecule has 1 aromatic heterocycles. The number of nitrogens with zero attached hydrogens (tertiary/aromatic N) is 1. The quantitative estimate of drug-likeness (QED) is 0.794. The zero-order valence-corrected chi connectivity index (χ0v) is 10.1. The third-order valence-electron chi connectivity index (χ3n) is 2.57. The second kappa shape index (κ2) is 3.71. The molecule has 2 rings (SSSR count). The van der Waals surface area contributed by atoms with E-state index in [4.69, 9.17) is 9.47 Å². The molecule has 5 nitrogen and oxygen atoms in total. The summed E-state index contributed by atoms with van der Waals surface area (Å²) in [5.74, 6) is 0.655. The highest BCUT2D eigenvalue weighted by molar-refractivity contribution is 7.79. The van der Waals surface area contributed by atoms with Crippen molar-refractivity contribution < 1.29 is 18.2 Å². The Morgan fingerprint density at radius 3 is 2.88 bits per heavy atom. The topological polar surface area (TPSA) is 68.7 Å². The molecule has 1 aliphatic heterocycles. The third-order valence-corrected chi connectivity index (χ3v) is 3.30. The van der Waals surface area contributed by atoms with Crippen LogP contribution < -0.4 is 9.47 Å². The van der Waals surface area contributed by atoms with Gasteiger partial charge in [-0.1, -0.05) is 13.8 Å². The molecule has 1 N–H and O–H groups in total. The second-order valence-corrected chi connectivity index (χ2v) is 5.16. The van der Waals surface area contributed by atoms with Crippen LogP contribution in [0.5, 0.6) is 11.5 Å². The molecular weight excluding hydrogens is 230 g/mol. The van der Waals surface area contributed by atoms with Crippen molar-refractivity contribution in [3.63, 3.8) is 0 Å². The minimum Gasteiger partial charge on any atom is -0.494 e. The Labute approximate surface area is 96.1 Å². The smallest absolute Gasteiger partial charge is 0.194 e. The SMILES string of the molecule is COc1cnc2c(c1S(=O)O)OCC2(C)C. The lowest BCUT2D eigenvalue weighted by Crippen LogP contribution is -2.19. The van der Waals surface area contributed by atoms with Gasteiger partial charge in [0, 0.05) is 5.41 Å². The molecule has 2 heterocycles. The Balaban J connectivity index is 2.67. The van der Waals surface area contributed by atoms with Crippen molar-refractivity contribution in [2.75, 3.05) is 13.7 Å². The summed E-state index contributed by atoms with van der Waals surface area (Å²) in [7, 11) is 1.43. The number of rotatable bonds is 2. The maximum absolute atomic E-state index is 11.3. The third kappa shape index (κ3) is 1.58. The van der Waals surface area contributed by atoms with Crippen molar-refractivity contribution in [2.45, 2.75) is 24.2 Å². The molecule has 0 aromatic carbocycles. The van der Waals surface area contributed by atoms with E-state index < -0.39 is 11.1 Å². The van der Waals surface area contributed by atoms with Gasteiger partial charge in [0.1, 0.15) is 0 Å². The van der Waals surface area contributed by atoms with E-state index in [1.807, 2.05) is 13.8 Å². The Kier molecular flexibility index (Phi) is 2.63. The second-order valence-electron chi connectivity index (χ2n) is 4.26. The molecule has 0 amide bonds. The molecule has 0 saturated heterocycles. The fraction of sp³-hybridized carbons (Fsp3) is 0.500. The molecule has 88 valence electrons. The van der Waals surface area contributed by atoms with Crippen molar-refractivity contribution in [3.8, 4) is 11.5 Å². The van der Waals surface area contributed by atoms with Gasteiger partial charge in [-0.25, -0.2) is 4.21 Å². The number of pyridine rings is 1. The van der Waals surface area contributed by atoms with Gasteiger partial charge in [0.05, 0.1) is 25.6 Å². The van der Waals surface area contributed by atoms with E-state index in [1.165, 1.54) is 13.3 Å². The van der Waals surface area contributed by atoms with Crippen molar-refractivity contribution in [2.24, 2.45) is 0 Å². The fourth-order valence-electron chi connectivity index (χ4n) is 1.71. The van der Waals surface area contributed by atoms with Gasteiger partial charge in [-0.05, 0) is 0 Å². The molecule has 1 aliphatic rings. The molecule has 0 radical (unpaired) electrons. The Hall–Kier alpha value is -1.14. The highest BCUT2D eigenvalue weighted by Gasteiger charge is 2.37. The molecule has 0 aliphatic carbocycles. The zero-order chi connectivity index (χ0) is 11.9. The average molecular weight is 243 g/mol. The average Bonchev–Trinajstić information content (AvgIpc) is 2.53. The molecule has 0 saturated carbocycles. The van der Waals surface area contributed by atoms with Crippen LogP contribution >= 0.6 is 0 Å². The molecule has 1 unspecified atom stereocenters. The molecule has 16 heavy (non-hydrogen) atoms. The number of aromatic nitrogens is 1. The first kappa shape index (κ1) is 11.3. The summed E-state index contributed by atoms with van der Waals surface area (Å²) in [6, 6.07) is 0. The summed E-state index contributed by atoms with van der Waals surface area (Å²) in [5, 5.41) is 0. The number of ether oxygens (including phenoxy) is 2. The minimum absolute atomic E-state index is 0.165. The van der Waals surface area contributed by atoms with Crippen LogP contribution in [0.3, 0.4) is 0 Å². The molecular formula is C10H13NO4S. The maximum atomic E-state index is 11.3. The van der Waals surface area contributed by atoms with E-state index in [0.717, 1.165) is 0 Å². The Bertz CT molecular complexity index is 458. The van der Waals surface area contributed by atoms with E-state index >= 15 is 0 Å². The van der Waals surface area contributed by atoms with Gasteiger partial charge in [-0.2, -0.15) is 0 Å². The molecule has 1 atom stereocenters. The van der Waals surface area contributed by atoms with E-state index in [-0.39, 0.29) is 16.1 Å². The van der Waals surface area contributed by atoms with Crippen molar-refractivity contribution in [1.82, 2.24) is 4.98 Å². The molecule has 0 bridgehead atoms. The van der Waals surface area contributed by atoms with E-state index in [2.05, 4.69) is 4.98 Å². The van der Waals surface area contributed by atoms with Crippen molar-refractivity contribution >= 4 is 11.1 Å². The van der Waals surface area contributed by atoms with Gasteiger partial charge >= 0.3 is 0 Å². The van der Waals surface area contributed by atoms with Crippen LogP contribution in [0.1, 0.15) is 19.5 Å².